The van der Waals surface area contributed by atoms with E-state index in [9.17, 15) is 9.18 Å². The third-order valence-electron chi connectivity index (χ3n) is 1.51. The second-order valence-electron chi connectivity index (χ2n) is 2.18. The molecule has 0 spiro atoms. The van der Waals surface area contributed by atoms with Crippen LogP contribution in [0.5, 0.6) is 0 Å². The van der Waals surface area contributed by atoms with Crippen LogP contribution in [0.25, 0.3) is 0 Å². The van der Waals surface area contributed by atoms with Crippen LogP contribution in [0.2, 0.25) is 0 Å². The molecule has 60 valence electrons. The molecular formula is C5H10ClFN2O. The third-order valence-corrected chi connectivity index (χ3v) is 1.51. The number of nitrogens with one attached hydrogen (secondary N) is 1. The van der Waals surface area contributed by atoms with Crippen molar-refractivity contribution in [2.75, 3.05) is 13.1 Å². The van der Waals surface area contributed by atoms with Gasteiger partial charge in [-0.05, 0) is 0 Å². The summed E-state index contributed by atoms with van der Waals surface area (Å²) in [6, 6.07) is 0. The zero-order valence-corrected chi connectivity index (χ0v) is 6.16. The van der Waals surface area contributed by atoms with Gasteiger partial charge in [0.1, 0.15) is 6.17 Å². The standard InChI is InChI=1S/C5H9FN2O.ClH/c6-4-2-8-1-3(4)5(7)9;/h3-4,8H,1-2H2,(H2,7,9);1H/t3-,4+;/m0./s1. The van der Waals surface area contributed by atoms with Crippen molar-refractivity contribution in [2.45, 2.75) is 6.17 Å². The first-order valence-corrected chi connectivity index (χ1v) is 2.86. The molecule has 0 unspecified atom stereocenters. The van der Waals surface area contributed by atoms with Crippen LogP contribution in [0.15, 0.2) is 0 Å². The number of hydrogen-bond donors (Lipinski definition) is 2. The zero-order valence-electron chi connectivity index (χ0n) is 5.34. The van der Waals surface area contributed by atoms with Crippen LogP contribution in [0.4, 0.5) is 4.39 Å². The summed E-state index contributed by atoms with van der Waals surface area (Å²) >= 11 is 0. The summed E-state index contributed by atoms with van der Waals surface area (Å²) in [7, 11) is 0. The van der Waals surface area contributed by atoms with E-state index >= 15 is 0 Å². The number of carbonyl (C=O) groups is 1. The van der Waals surface area contributed by atoms with Gasteiger partial charge in [0.25, 0.3) is 0 Å². The Labute approximate surface area is 64.6 Å². The van der Waals surface area contributed by atoms with Crippen LogP contribution in [0, 0.1) is 5.92 Å². The molecule has 0 aromatic heterocycles. The van der Waals surface area contributed by atoms with E-state index in [1.165, 1.54) is 0 Å². The number of hydrogen-bond acceptors (Lipinski definition) is 2. The van der Waals surface area contributed by atoms with Gasteiger partial charge >= 0.3 is 0 Å². The fourth-order valence-electron chi connectivity index (χ4n) is 0.926. The van der Waals surface area contributed by atoms with E-state index in [2.05, 4.69) is 5.32 Å². The summed E-state index contributed by atoms with van der Waals surface area (Å²) in [5.74, 6) is -1.16. The van der Waals surface area contributed by atoms with Crippen LogP contribution in [0.3, 0.4) is 0 Å². The maximum absolute atomic E-state index is 12.5. The largest absolute Gasteiger partial charge is 0.369 e. The zero-order chi connectivity index (χ0) is 6.85. The number of rotatable bonds is 1. The van der Waals surface area contributed by atoms with Crippen molar-refractivity contribution in [1.82, 2.24) is 5.32 Å². The van der Waals surface area contributed by atoms with Crippen LogP contribution in [-0.2, 0) is 4.79 Å². The van der Waals surface area contributed by atoms with E-state index in [-0.39, 0.29) is 19.0 Å². The molecule has 0 aliphatic carbocycles. The monoisotopic (exact) mass is 168 g/mol. The summed E-state index contributed by atoms with van der Waals surface area (Å²) in [6.45, 7) is 0.643. The molecule has 10 heavy (non-hydrogen) atoms. The van der Waals surface area contributed by atoms with Crippen LogP contribution in [-0.4, -0.2) is 25.2 Å². The van der Waals surface area contributed by atoms with E-state index in [1.807, 2.05) is 0 Å². The Kier molecular flexibility index (Phi) is 3.60. The van der Waals surface area contributed by atoms with Crippen molar-refractivity contribution in [2.24, 2.45) is 11.7 Å². The molecule has 1 aliphatic heterocycles. The summed E-state index contributed by atoms with van der Waals surface area (Å²) < 4.78 is 12.5. The Morgan fingerprint density at radius 1 is 1.60 bits per heavy atom. The SMILES string of the molecule is Cl.NC(=O)[C@H]1CNC[C@H]1F. The first-order chi connectivity index (χ1) is 4.22. The van der Waals surface area contributed by atoms with Gasteiger partial charge in [-0.25, -0.2) is 4.39 Å². The second kappa shape index (κ2) is 3.73. The van der Waals surface area contributed by atoms with Gasteiger partial charge in [0.05, 0.1) is 5.92 Å². The van der Waals surface area contributed by atoms with E-state index in [0.717, 1.165) is 0 Å². The average Bonchev–Trinajstić information content (AvgIpc) is 2.13. The highest BCUT2D eigenvalue weighted by molar-refractivity contribution is 5.85. The Balaban J connectivity index is 0.000000810. The summed E-state index contributed by atoms with van der Waals surface area (Å²) in [6.07, 6.45) is -1.08. The van der Waals surface area contributed by atoms with Crippen LogP contribution >= 0.6 is 12.4 Å². The molecule has 1 heterocycles. The molecule has 0 saturated carbocycles. The summed E-state index contributed by atoms with van der Waals surface area (Å²) in [4.78, 5) is 10.4. The van der Waals surface area contributed by atoms with E-state index in [4.69, 9.17) is 5.73 Å². The van der Waals surface area contributed by atoms with Gasteiger partial charge in [0.15, 0.2) is 0 Å². The molecule has 1 fully saturated rings. The number of halogens is 2. The van der Waals surface area contributed by atoms with Gasteiger partial charge in [-0.2, -0.15) is 0 Å². The molecule has 0 aromatic carbocycles. The third kappa shape index (κ3) is 1.82. The van der Waals surface area contributed by atoms with Crippen LogP contribution in [0.1, 0.15) is 0 Å². The Hall–Kier alpha value is -0.350. The second-order valence-corrected chi connectivity index (χ2v) is 2.18. The Morgan fingerprint density at radius 3 is 2.40 bits per heavy atom. The highest BCUT2D eigenvalue weighted by Gasteiger charge is 2.30. The molecule has 0 bridgehead atoms. The minimum Gasteiger partial charge on any atom is -0.369 e. The minimum absolute atomic E-state index is 0. The van der Waals surface area contributed by atoms with Crippen molar-refractivity contribution in [3.05, 3.63) is 0 Å². The highest BCUT2D eigenvalue weighted by atomic mass is 35.5. The predicted molar refractivity (Wildman–Crippen MR) is 37.7 cm³/mol. The van der Waals surface area contributed by atoms with Gasteiger partial charge in [0, 0.05) is 13.1 Å². The molecule has 2 atom stereocenters. The van der Waals surface area contributed by atoms with Gasteiger partial charge in [-0.15, -0.1) is 12.4 Å². The fraction of sp³-hybridized carbons (Fsp3) is 0.800. The van der Waals surface area contributed by atoms with Gasteiger partial charge in [0.2, 0.25) is 5.91 Å². The topological polar surface area (TPSA) is 55.1 Å². The van der Waals surface area contributed by atoms with Crippen LogP contribution < -0.4 is 11.1 Å². The molecule has 5 heteroatoms. The molecular weight excluding hydrogens is 159 g/mol. The van der Waals surface area contributed by atoms with Gasteiger partial charge in [-0.1, -0.05) is 0 Å². The molecule has 0 radical (unpaired) electrons. The lowest BCUT2D eigenvalue weighted by Gasteiger charge is -2.03. The lowest BCUT2D eigenvalue weighted by Crippen LogP contribution is -2.30. The summed E-state index contributed by atoms with van der Waals surface area (Å²) in [5, 5.41) is 2.73. The van der Waals surface area contributed by atoms with Crippen molar-refractivity contribution in [3.8, 4) is 0 Å². The fourth-order valence-corrected chi connectivity index (χ4v) is 0.926. The molecule has 1 aliphatic rings. The van der Waals surface area contributed by atoms with Gasteiger partial charge in [-0.3, -0.25) is 4.79 Å². The predicted octanol–water partition coefficient (Wildman–Crippen LogP) is -0.549. The average molecular weight is 169 g/mol. The Bertz CT molecular complexity index is 133. The number of nitrogens with two attached hydrogens (primary N) is 1. The molecule has 1 amide bonds. The molecule has 0 aromatic rings. The normalized spacial score (nSPS) is 31.3. The Morgan fingerprint density at radius 2 is 2.20 bits per heavy atom. The first-order valence-electron chi connectivity index (χ1n) is 2.86. The lowest BCUT2D eigenvalue weighted by molar-refractivity contribution is -0.122. The van der Waals surface area contributed by atoms with E-state index < -0.39 is 18.0 Å². The van der Waals surface area contributed by atoms with Crippen molar-refractivity contribution < 1.29 is 9.18 Å². The molecule has 3 N–H and O–H groups in total. The van der Waals surface area contributed by atoms with Crippen molar-refractivity contribution in [1.29, 1.82) is 0 Å². The molecule has 3 nitrogen and oxygen atoms in total. The number of carbonyl (C=O) groups excluding carboxylic acids is 1. The van der Waals surface area contributed by atoms with Gasteiger partial charge < -0.3 is 11.1 Å². The highest BCUT2D eigenvalue weighted by Crippen LogP contribution is 2.10. The maximum Gasteiger partial charge on any atom is 0.224 e. The number of alkyl halides is 1. The quantitative estimate of drug-likeness (QED) is 0.552. The number of amides is 1. The van der Waals surface area contributed by atoms with Crippen molar-refractivity contribution in [3.63, 3.8) is 0 Å². The smallest absolute Gasteiger partial charge is 0.224 e. The lowest BCUT2D eigenvalue weighted by atomic mass is 10.1. The van der Waals surface area contributed by atoms with E-state index in [1.54, 1.807) is 0 Å². The maximum atomic E-state index is 12.5. The first kappa shape index (κ1) is 9.65. The minimum atomic E-state index is -1.08. The number of primary amides is 1. The molecule has 1 rings (SSSR count). The van der Waals surface area contributed by atoms with Crippen molar-refractivity contribution >= 4 is 18.3 Å². The molecule has 1 saturated heterocycles. The van der Waals surface area contributed by atoms with E-state index in [0.29, 0.717) is 6.54 Å². The summed E-state index contributed by atoms with van der Waals surface area (Å²) in [5.41, 5.74) is 4.87.